The summed E-state index contributed by atoms with van der Waals surface area (Å²) in [5.41, 5.74) is 0. The van der Waals surface area contributed by atoms with Gasteiger partial charge in [-0.1, -0.05) is 28.8 Å². The Morgan fingerprint density at radius 2 is 1.88 bits per heavy atom. The van der Waals surface area contributed by atoms with E-state index in [2.05, 4.69) is 15.9 Å². The second-order valence-corrected chi connectivity index (χ2v) is 5.34. The van der Waals surface area contributed by atoms with Gasteiger partial charge in [-0.05, 0) is 19.3 Å². The molecule has 0 saturated heterocycles. The fourth-order valence-corrected chi connectivity index (χ4v) is 2.65. The monoisotopic (exact) mass is 294 g/mol. The van der Waals surface area contributed by atoms with Crippen LogP contribution < -0.4 is 0 Å². The number of alkyl halides is 1. The predicted molar refractivity (Wildman–Crippen MR) is 68.2 cm³/mol. The topological polar surface area (TPSA) is 27.7 Å². The molecule has 0 N–H and O–H groups in total. The molecule has 3 nitrogen and oxygen atoms in total. The zero-order valence-electron chi connectivity index (χ0n) is 10.1. The van der Waals surface area contributed by atoms with Crippen molar-refractivity contribution in [3.05, 3.63) is 0 Å². The maximum Gasteiger partial charge on any atom is 0.0704 e. The van der Waals surface area contributed by atoms with Crippen molar-refractivity contribution in [3.63, 3.8) is 0 Å². The Balaban J connectivity index is 1.90. The molecule has 16 heavy (non-hydrogen) atoms. The summed E-state index contributed by atoms with van der Waals surface area (Å²) < 4.78 is 16.2. The smallest absolute Gasteiger partial charge is 0.0704 e. The fourth-order valence-electron chi connectivity index (χ4n) is 1.91. The van der Waals surface area contributed by atoms with Gasteiger partial charge in [-0.25, -0.2) is 0 Å². The van der Waals surface area contributed by atoms with Gasteiger partial charge in [0, 0.05) is 25.2 Å². The van der Waals surface area contributed by atoms with Crippen LogP contribution in [0.2, 0.25) is 0 Å². The van der Waals surface area contributed by atoms with Crippen LogP contribution in [0, 0.1) is 0 Å². The summed E-state index contributed by atoms with van der Waals surface area (Å²) in [6, 6.07) is 0. The molecule has 2 atom stereocenters. The first-order valence-electron chi connectivity index (χ1n) is 6.17. The average molecular weight is 295 g/mol. The van der Waals surface area contributed by atoms with Gasteiger partial charge in [0.05, 0.1) is 19.3 Å². The lowest BCUT2D eigenvalue weighted by molar-refractivity contribution is -0.00873. The first kappa shape index (κ1) is 14.4. The highest BCUT2D eigenvalue weighted by Gasteiger charge is 2.22. The first-order chi connectivity index (χ1) is 7.84. The molecule has 0 bridgehead atoms. The third kappa shape index (κ3) is 6.18. The van der Waals surface area contributed by atoms with Gasteiger partial charge in [-0.15, -0.1) is 0 Å². The largest absolute Gasteiger partial charge is 0.385 e. The Bertz CT molecular complexity index is 166. The minimum Gasteiger partial charge on any atom is -0.385 e. The summed E-state index contributed by atoms with van der Waals surface area (Å²) in [5.74, 6) is 0. The van der Waals surface area contributed by atoms with E-state index in [0.29, 0.717) is 24.1 Å². The molecule has 4 heteroatoms. The molecule has 0 radical (unpaired) electrons. The van der Waals surface area contributed by atoms with E-state index in [-0.39, 0.29) is 0 Å². The second kappa shape index (κ2) is 9.40. The van der Waals surface area contributed by atoms with Crippen LogP contribution in [0.3, 0.4) is 0 Å². The molecular formula is C12H23BrO3. The summed E-state index contributed by atoms with van der Waals surface area (Å²) in [4.78, 5) is 0.537. The third-order valence-electron chi connectivity index (χ3n) is 2.82. The average Bonchev–Trinajstić information content (AvgIpc) is 2.30. The molecule has 1 saturated carbocycles. The summed E-state index contributed by atoms with van der Waals surface area (Å²) in [7, 11) is 1.71. The van der Waals surface area contributed by atoms with Crippen molar-refractivity contribution in [2.75, 3.05) is 33.5 Å². The van der Waals surface area contributed by atoms with Crippen molar-refractivity contribution in [2.45, 2.75) is 43.0 Å². The Kier molecular flexibility index (Phi) is 8.47. The minimum atomic E-state index is 0.385. The van der Waals surface area contributed by atoms with Crippen molar-refractivity contribution >= 4 is 15.9 Å². The maximum atomic E-state index is 5.80. The molecule has 1 rings (SSSR count). The molecule has 0 aromatic rings. The number of ether oxygens (including phenoxy) is 3. The fraction of sp³-hybridized carbons (Fsp3) is 1.00. The first-order valence-corrected chi connectivity index (χ1v) is 7.08. The lowest BCUT2D eigenvalue weighted by atomic mass is 9.98. The Labute approximate surface area is 107 Å². The van der Waals surface area contributed by atoms with E-state index in [0.717, 1.165) is 19.6 Å². The Morgan fingerprint density at radius 3 is 2.62 bits per heavy atom. The SMILES string of the molecule is COCCCOCCOC1CCCCC1Br. The molecule has 1 aliphatic rings. The van der Waals surface area contributed by atoms with Gasteiger partial charge in [-0.2, -0.15) is 0 Å². The van der Waals surface area contributed by atoms with Crippen molar-refractivity contribution in [1.29, 1.82) is 0 Å². The van der Waals surface area contributed by atoms with E-state index < -0.39 is 0 Å². The van der Waals surface area contributed by atoms with E-state index in [9.17, 15) is 0 Å². The summed E-state index contributed by atoms with van der Waals surface area (Å²) >= 11 is 3.68. The molecular weight excluding hydrogens is 272 g/mol. The number of hydrogen-bond acceptors (Lipinski definition) is 3. The minimum absolute atomic E-state index is 0.385. The highest BCUT2D eigenvalue weighted by atomic mass is 79.9. The lowest BCUT2D eigenvalue weighted by Gasteiger charge is -2.27. The van der Waals surface area contributed by atoms with Gasteiger partial charge in [0.1, 0.15) is 0 Å². The molecule has 0 aliphatic heterocycles. The Hall–Kier alpha value is 0.360. The number of methoxy groups -OCH3 is 1. The molecule has 2 unspecified atom stereocenters. The van der Waals surface area contributed by atoms with E-state index in [4.69, 9.17) is 14.2 Å². The predicted octanol–water partition coefficient (Wildman–Crippen LogP) is 2.76. The summed E-state index contributed by atoms with van der Waals surface area (Å²) in [6.45, 7) is 2.94. The molecule has 0 amide bonds. The van der Waals surface area contributed by atoms with Crippen molar-refractivity contribution in [1.82, 2.24) is 0 Å². The zero-order valence-corrected chi connectivity index (χ0v) is 11.7. The molecule has 1 fully saturated rings. The molecule has 0 heterocycles. The third-order valence-corrected chi connectivity index (χ3v) is 3.87. The standard InChI is InChI=1S/C12H23BrO3/c1-14-7-4-8-15-9-10-16-12-6-3-2-5-11(12)13/h11-12H,2-10H2,1H3. The van der Waals surface area contributed by atoms with E-state index >= 15 is 0 Å². The quantitative estimate of drug-likeness (QED) is 0.509. The van der Waals surface area contributed by atoms with Crippen molar-refractivity contribution in [3.8, 4) is 0 Å². The van der Waals surface area contributed by atoms with Crippen LogP contribution >= 0.6 is 15.9 Å². The van der Waals surface area contributed by atoms with Crippen molar-refractivity contribution < 1.29 is 14.2 Å². The van der Waals surface area contributed by atoms with Crippen LogP contribution in [0.4, 0.5) is 0 Å². The van der Waals surface area contributed by atoms with Gasteiger partial charge in [0.25, 0.3) is 0 Å². The van der Waals surface area contributed by atoms with Crippen LogP contribution in [0.25, 0.3) is 0 Å². The second-order valence-electron chi connectivity index (χ2n) is 4.17. The van der Waals surface area contributed by atoms with Gasteiger partial charge < -0.3 is 14.2 Å². The maximum absolute atomic E-state index is 5.80. The number of rotatable bonds is 8. The highest BCUT2D eigenvalue weighted by molar-refractivity contribution is 9.09. The van der Waals surface area contributed by atoms with Crippen LogP contribution in [-0.4, -0.2) is 44.5 Å². The Morgan fingerprint density at radius 1 is 1.06 bits per heavy atom. The van der Waals surface area contributed by atoms with Crippen LogP contribution in [0.1, 0.15) is 32.1 Å². The van der Waals surface area contributed by atoms with Crippen LogP contribution in [0.5, 0.6) is 0 Å². The lowest BCUT2D eigenvalue weighted by Crippen LogP contribution is -2.29. The van der Waals surface area contributed by atoms with Gasteiger partial charge >= 0.3 is 0 Å². The van der Waals surface area contributed by atoms with Crippen LogP contribution in [0.15, 0.2) is 0 Å². The molecule has 1 aliphatic carbocycles. The molecule has 0 aromatic heterocycles. The molecule has 96 valence electrons. The summed E-state index contributed by atoms with van der Waals surface area (Å²) in [5, 5.41) is 0. The van der Waals surface area contributed by atoms with Gasteiger partial charge in [0.15, 0.2) is 0 Å². The molecule has 0 spiro atoms. The normalized spacial score (nSPS) is 25.9. The van der Waals surface area contributed by atoms with Crippen LogP contribution in [-0.2, 0) is 14.2 Å². The van der Waals surface area contributed by atoms with E-state index in [1.807, 2.05) is 0 Å². The van der Waals surface area contributed by atoms with E-state index in [1.54, 1.807) is 7.11 Å². The summed E-state index contributed by atoms with van der Waals surface area (Å²) in [6.07, 6.45) is 6.38. The number of halogens is 1. The molecule has 0 aromatic carbocycles. The zero-order chi connectivity index (χ0) is 11.6. The van der Waals surface area contributed by atoms with Gasteiger partial charge in [0.2, 0.25) is 0 Å². The van der Waals surface area contributed by atoms with Gasteiger partial charge in [-0.3, -0.25) is 0 Å². The highest BCUT2D eigenvalue weighted by Crippen LogP contribution is 2.26. The number of hydrogen-bond donors (Lipinski definition) is 0. The van der Waals surface area contributed by atoms with Crippen molar-refractivity contribution in [2.24, 2.45) is 0 Å². The van der Waals surface area contributed by atoms with E-state index in [1.165, 1.54) is 25.7 Å².